The number of rotatable bonds is 10. The number of carbonyl (C=O) groups is 1. The van der Waals surface area contributed by atoms with Crippen LogP contribution >= 0.6 is 0 Å². The summed E-state index contributed by atoms with van der Waals surface area (Å²) in [7, 11) is 4.20. The first-order valence-corrected chi connectivity index (χ1v) is 11.2. The molecule has 4 aromatic rings. The fourth-order valence-corrected chi connectivity index (χ4v) is 3.84. The molecular formula is C28H26N2O6. The Balaban J connectivity index is 1.97. The predicted octanol–water partition coefficient (Wildman–Crippen LogP) is 4.44. The van der Waals surface area contributed by atoms with Crippen LogP contribution in [0.1, 0.15) is 11.1 Å². The molecule has 0 radical (unpaired) electrons. The van der Waals surface area contributed by atoms with Gasteiger partial charge in [-0.3, -0.25) is 0 Å². The van der Waals surface area contributed by atoms with Crippen LogP contribution in [0.5, 0.6) is 23.5 Å². The molecule has 3 aromatic carbocycles. The fraction of sp³-hybridized carbons (Fsp3) is 0.179. The van der Waals surface area contributed by atoms with Gasteiger partial charge in [-0.05, 0) is 12.1 Å². The van der Waals surface area contributed by atoms with Crippen LogP contribution in [-0.2, 0) is 15.1 Å². The third-order valence-corrected chi connectivity index (χ3v) is 5.51. The number of para-hydroxylation sites is 1. The van der Waals surface area contributed by atoms with Crippen molar-refractivity contribution in [2.24, 2.45) is 0 Å². The van der Waals surface area contributed by atoms with Gasteiger partial charge in [0.25, 0.3) is 0 Å². The van der Waals surface area contributed by atoms with E-state index in [9.17, 15) is 4.79 Å². The number of nitrogens with zero attached hydrogens (tertiary/aromatic N) is 2. The van der Waals surface area contributed by atoms with E-state index in [1.807, 2.05) is 78.9 Å². The SMILES string of the molecule is COC(=O)C(Oc1nc(OC)cc(OC)n1)C(Oc1ccccc1)(c1ccccc1)c1ccccc1. The summed E-state index contributed by atoms with van der Waals surface area (Å²) in [6.45, 7) is 0. The fourth-order valence-electron chi connectivity index (χ4n) is 3.84. The highest BCUT2D eigenvalue weighted by molar-refractivity contribution is 5.78. The average molecular weight is 487 g/mol. The summed E-state index contributed by atoms with van der Waals surface area (Å²) in [6.07, 6.45) is -1.37. The molecule has 8 nitrogen and oxygen atoms in total. The van der Waals surface area contributed by atoms with Gasteiger partial charge in [0.2, 0.25) is 23.5 Å². The van der Waals surface area contributed by atoms with E-state index in [1.54, 1.807) is 12.1 Å². The molecule has 0 amide bonds. The van der Waals surface area contributed by atoms with E-state index in [0.29, 0.717) is 16.9 Å². The quantitative estimate of drug-likeness (QED) is 0.304. The minimum absolute atomic E-state index is 0.144. The lowest BCUT2D eigenvalue weighted by Crippen LogP contribution is -2.53. The first-order valence-electron chi connectivity index (χ1n) is 11.2. The van der Waals surface area contributed by atoms with Gasteiger partial charge in [-0.25, -0.2) is 4.79 Å². The molecule has 4 rings (SSSR count). The van der Waals surface area contributed by atoms with Crippen molar-refractivity contribution in [3.63, 3.8) is 0 Å². The minimum Gasteiger partial charge on any atom is -0.481 e. The largest absolute Gasteiger partial charge is 0.481 e. The Hall–Kier alpha value is -4.59. The molecule has 8 heteroatoms. The summed E-state index contributed by atoms with van der Waals surface area (Å²) in [5, 5.41) is 0. The van der Waals surface area contributed by atoms with E-state index in [-0.39, 0.29) is 17.8 Å². The Morgan fingerprint density at radius 1 is 0.722 bits per heavy atom. The number of methoxy groups -OCH3 is 3. The van der Waals surface area contributed by atoms with Crippen LogP contribution in [0.4, 0.5) is 0 Å². The van der Waals surface area contributed by atoms with E-state index in [2.05, 4.69) is 9.97 Å². The summed E-state index contributed by atoms with van der Waals surface area (Å²) in [4.78, 5) is 22.0. The average Bonchev–Trinajstić information content (AvgIpc) is 2.95. The second-order valence-electron chi connectivity index (χ2n) is 7.64. The molecule has 0 aliphatic heterocycles. The van der Waals surface area contributed by atoms with E-state index < -0.39 is 17.7 Å². The van der Waals surface area contributed by atoms with Crippen molar-refractivity contribution in [1.29, 1.82) is 0 Å². The number of ether oxygens (including phenoxy) is 5. The highest BCUT2D eigenvalue weighted by atomic mass is 16.6. The monoisotopic (exact) mass is 486 g/mol. The molecule has 0 aliphatic rings. The molecule has 1 heterocycles. The lowest BCUT2D eigenvalue weighted by molar-refractivity contribution is -0.159. The lowest BCUT2D eigenvalue weighted by atomic mass is 9.81. The topological polar surface area (TPSA) is 89.0 Å². The molecule has 36 heavy (non-hydrogen) atoms. The summed E-state index contributed by atoms with van der Waals surface area (Å²) >= 11 is 0. The maximum Gasteiger partial charge on any atom is 0.352 e. The molecule has 0 saturated heterocycles. The summed E-state index contributed by atoms with van der Waals surface area (Å²) in [6, 6.07) is 29.2. The number of aromatic nitrogens is 2. The Morgan fingerprint density at radius 3 is 1.64 bits per heavy atom. The zero-order chi connectivity index (χ0) is 25.4. The van der Waals surface area contributed by atoms with E-state index in [4.69, 9.17) is 23.7 Å². The second kappa shape index (κ2) is 11.2. The van der Waals surface area contributed by atoms with E-state index in [1.165, 1.54) is 27.4 Å². The molecule has 0 fully saturated rings. The number of hydrogen-bond donors (Lipinski definition) is 0. The Bertz CT molecular complexity index is 1210. The van der Waals surface area contributed by atoms with Crippen molar-refractivity contribution in [2.75, 3.05) is 21.3 Å². The van der Waals surface area contributed by atoms with Crippen molar-refractivity contribution in [2.45, 2.75) is 11.7 Å². The standard InChI is InChI=1S/C28H26N2O6/c1-32-23-19-24(33-2)30-27(29-23)35-25(26(31)34-3)28(20-13-7-4-8-14-20,21-15-9-5-10-16-21)36-22-17-11-6-12-18-22/h4-19,25H,1-3H3. The molecule has 0 bridgehead atoms. The summed E-state index contributed by atoms with van der Waals surface area (Å²) in [5.41, 5.74) is -0.174. The number of carbonyl (C=O) groups excluding carboxylic acids is 1. The third-order valence-electron chi connectivity index (χ3n) is 5.51. The van der Waals surface area contributed by atoms with Crippen LogP contribution in [0.2, 0.25) is 0 Å². The van der Waals surface area contributed by atoms with Crippen LogP contribution < -0.4 is 18.9 Å². The highest BCUT2D eigenvalue weighted by Gasteiger charge is 2.52. The predicted molar refractivity (Wildman–Crippen MR) is 132 cm³/mol. The van der Waals surface area contributed by atoms with Crippen LogP contribution in [0, 0.1) is 0 Å². The zero-order valence-electron chi connectivity index (χ0n) is 20.2. The van der Waals surface area contributed by atoms with Gasteiger partial charge in [0.05, 0.1) is 27.4 Å². The summed E-state index contributed by atoms with van der Waals surface area (Å²) in [5.74, 6) is 0.236. The molecule has 1 unspecified atom stereocenters. The molecule has 1 atom stereocenters. The van der Waals surface area contributed by atoms with Crippen LogP contribution in [0.3, 0.4) is 0 Å². The van der Waals surface area contributed by atoms with Gasteiger partial charge in [0.1, 0.15) is 5.75 Å². The number of esters is 1. The number of hydrogen-bond acceptors (Lipinski definition) is 8. The van der Waals surface area contributed by atoms with Gasteiger partial charge in [0, 0.05) is 11.1 Å². The molecule has 184 valence electrons. The Labute approximate surface area is 209 Å². The Kier molecular flexibility index (Phi) is 7.65. The van der Waals surface area contributed by atoms with Crippen LogP contribution in [-0.4, -0.2) is 43.4 Å². The van der Waals surface area contributed by atoms with Gasteiger partial charge >= 0.3 is 12.0 Å². The zero-order valence-corrected chi connectivity index (χ0v) is 20.2. The smallest absolute Gasteiger partial charge is 0.352 e. The third kappa shape index (κ3) is 5.07. The van der Waals surface area contributed by atoms with E-state index >= 15 is 0 Å². The first-order chi connectivity index (χ1) is 17.6. The van der Waals surface area contributed by atoms with Crippen molar-refractivity contribution >= 4 is 5.97 Å². The maximum absolute atomic E-state index is 13.5. The van der Waals surface area contributed by atoms with Crippen molar-refractivity contribution in [3.8, 4) is 23.5 Å². The van der Waals surface area contributed by atoms with Crippen molar-refractivity contribution in [3.05, 3.63) is 108 Å². The van der Waals surface area contributed by atoms with Gasteiger partial charge < -0.3 is 23.7 Å². The minimum atomic E-state index is -1.49. The van der Waals surface area contributed by atoms with Gasteiger partial charge in [0.15, 0.2) is 0 Å². The number of benzene rings is 3. The highest BCUT2D eigenvalue weighted by Crippen LogP contribution is 2.40. The first kappa shape index (κ1) is 24.5. The van der Waals surface area contributed by atoms with Crippen LogP contribution in [0.15, 0.2) is 97.1 Å². The van der Waals surface area contributed by atoms with E-state index in [0.717, 1.165) is 0 Å². The Morgan fingerprint density at radius 2 is 1.19 bits per heavy atom. The molecular weight excluding hydrogens is 460 g/mol. The molecule has 0 spiro atoms. The normalized spacial score (nSPS) is 11.8. The van der Waals surface area contributed by atoms with Crippen LogP contribution in [0.25, 0.3) is 0 Å². The van der Waals surface area contributed by atoms with Crippen molar-refractivity contribution < 1.29 is 28.5 Å². The van der Waals surface area contributed by atoms with Gasteiger partial charge in [-0.15, -0.1) is 0 Å². The molecule has 1 aromatic heterocycles. The lowest BCUT2D eigenvalue weighted by Gasteiger charge is -2.39. The molecule has 0 aliphatic carbocycles. The van der Waals surface area contributed by atoms with Gasteiger partial charge in [-0.2, -0.15) is 9.97 Å². The van der Waals surface area contributed by atoms with Gasteiger partial charge in [-0.1, -0.05) is 78.9 Å². The summed E-state index contributed by atoms with van der Waals surface area (Å²) < 4.78 is 28.7. The van der Waals surface area contributed by atoms with Crippen molar-refractivity contribution in [1.82, 2.24) is 9.97 Å². The second-order valence-corrected chi connectivity index (χ2v) is 7.64. The molecule has 0 saturated carbocycles. The molecule has 0 N–H and O–H groups in total. The maximum atomic E-state index is 13.5.